The molecule has 0 aliphatic heterocycles. The van der Waals surface area contributed by atoms with Crippen LogP contribution in [0.5, 0.6) is 11.5 Å². The molecular formula is C23H25F3N4O3. The third-order valence-electron chi connectivity index (χ3n) is 5.11. The van der Waals surface area contributed by atoms with E-state index in [1.165, 1.54) is 36.1 Å². The predicted molar refractivity (Wildman–Crippen MR) is 116 cm³/mol. The van der Waals surface area contributed by atoms with Gasteiger partial charge in [-0.15, -0.1) is 0 Å². The molecule has 1 amide bonds. The summed E-state index contributed by atoms with van der Waals surface area (Å²) in [6.07, 6.45) is -2.32. The number of ether oxygens (including phenoxy) is 2. The maximum atomic E-state index is 13.3. The normalized spacial score (nSPS) is 11.5. The van der Waals surface area contributed by atoms with Gasteiger partial charge in [-0.05, 0) is 24.1 Å². The standard InChI is InChI=1S/C23H25F3N4O3/c1-14(2)20-17(12-28-30(20)19-10-9-16(11-27-19)23(24,25)26)22(31)29(3)13-15-7-6-8-18(32-4)21(15)33-5/h6-12,14H,13H2,1-5H3. The molecule has 2 aromatic heterocycles. The molecule has 0 fully saturated rings. The third-order valence-corrected chi connectivity index (χ3v) is 5.11. The van der Waals surface area contributed by atoms with Crippen molar-refractivity contribution >= 4 is 5.91 Å². The molecule has 2 heterocycles. The Morgan fingerprint density at radius 2 is 1.85 bits per heavy atom. The van der Waals surface area contributed by atoms with Crippen LogP contribution in [0.25, 0.3) is 5.82 Å². The number of amides is 1. The molecule has 0 aliphatic carbocycles. The minimum atomic E-state index is -4.48. The summed E-state index contributed by atoms with van der Waals surface area (Å²) in [5.74, 6) is 0.855. The van der Waals surface area contributed by atoms with Gasteiger partial charge in [0.15, 0.2) is 17.3 Å². The molecule has 0 N–H and O–H groups in total. The summed E-state index contributed by atoms with van der Waals surface area (Å²) < 4.78 is 50.8. The number of rotatable bonds is 7. The number of halogens is 3. The fraction of sp³-hybridized carbons (Fsp3) is 0.348. The highest BCUT2D eigenvalue weighted by Crippen LogP contribution is 2.32. The molecule has 33 heavy (non-hydrogen) atoms. The number of alkyl halides is 3. The van der Waals surface area contributed by atoms with Crippen molar-refractivity contribution in [1.29, 1.82) is 0 Å². The molecule has 3 aromatic rings. The van der Waals surface area contributed by atoms with Gasteiger partial charge in [0.2, 0.25) is 0 Å². The van der Waals surface area contributed by atoms with Crippen molar-refractivity contribution in [1.82, 2.24) is 19.7 Å². The zero-order valence-corrected chi connectivity index (χ0v) is 19.0. The molecule has 10 heteroatoms. The summed E-state index contributed by atoms with van der Waals surface area (Å²) in [4.78, 5) is 18.7. The maximum Gasteiger partial charge on any atom is 0.417 e. The fourth-order valence-electron chi connectivity index (χ4n) is 3.55. The minimum Gasteiger partial charge on any atom is -0.493 e. The summed E-state index contributed by atoms with van der Waals surface area (Å²) in [5, 5.41) is 4.25. The second-order valence-electron chi connectivity index (χ2n) is 7.73. The van der Waals surface area contributed by atoms with Gasteiger partial charge in [-0.1, -0.05) is 26.0 Å². The van der Waals surface area contributed by atoms with E-state index in [0.29, 0.717) is 22.8 Å². The van der Waals surface area contributed by atoms with Gasteiger partial charge in [0, 0.05) is 25.4 Å². The number of hydrogen-bond acceptors (Lipinski definition) is 5. The molecule has 7 nitrogen and oxygen atoms in total. The Morgan fingerprint density at radius 1 is 1.12 bits per heavy atom. The number of hydrogen-bond donors (Lipinski definition) is 0. The largest absolute Gasteiger partial charge is 0.493 e. The summed E-state index contributed by atoms with van der Waals surface area (Å²) >= 11 is 0. The van der Waals surface area contributed by atoms with Crippen LogP contribution in [0.3, 0.4) is 0 Å². The van der Waals surface area contributed by atoms with E-state index in [1.807, 2.05) is 26.0 Å². The average Bonchev–Trinajstić information content (AvgIpc) is 3.23. The molecule has 1 aromatic carbocycles. The second-order valence-corrected chi connectivity index (χ2v) is 7.73. The first-order chi connectivity index (χ1) is 15.6. The Labute approximate surface area is 189 Å². The third kappa shape index (κ3) is 4.94. The van der Waals surface area contributed by atoms with Crippen LogP contribution >= 0.6 is 0 Å². The lowest BCUT2D eigenvalue weighted by Crippen LogP contribution is -2.27. The summed E-state index contributed by atoms with van der Waals surface area (Å²) in [6.45, 7) is 4.00. The topological polar surface area (TPSA) is 69.5 Å². The Morgan fingerprint density at radius 3 is 2.39 bits per heavy atom. The maximum absolute atomic E-state index is 13.3. The molecule has 0 radical (unpaired) electrons. The Balaban J connectivity index is 1.92. The van der Waals surface area contributed by atoms with Crippen LogP contribution in [0, 0.1) is 0 Å². The van der Waals surface area contributed by atoms with E-state index in [9.17, 15) is 18.0 Å². The Bertz CT molecular complexity index is 1120. The summed E-state index contributed by atoms with van der Waals surface area (Å²) in [6, 6.07) is 7.59. The van der Waals surface area contributed by atoms with Crippen LogP contribution in [-0.2, 0) is 12.7 Å². The van der Waals surface area contributed by atoms with Crippen LogP contribution in [0.4, 0.5) is 13.2 Å². The van der Waals surface area contributed by atoms with E-state index < -0.39 is 11.7 Å². The summed E-state index contributed by atoms with van der Waals surface area (Å²) in [5.41, 5.74) is 0.802. The SMILES string of the molecule is COc1cccc(CN(C)C(=O)c2cnn(-c3ccc(C(F)(F)F)cn3)c2C(C)C)c1OC. The van der Waals surface area contributed by atoms with Crippen molar-refractivity contribution in [2.24, 2.45) is 0 Å². The fourth-order valence-corrected chi connectivity index (χ4v) is 3.55. The molecule has 0 saturated carbocycles. The van der Waals surface area contributed by atoms with Crippen LogP contribution in [0.2, 0.25) is 0 Å². The number of benzene rings is 1. The highest BCUT2D eigenvalue weighted by atomic mass is 19.4. The van der Waals surface area contributed by atoms with Crippen LogP contribution in [-0.4, -0.2) is 46.8 Å². The zero-order chi connectivity index (χ0) is 24.3. The van der Waals surface area contributed by atoms with E-state index in [4.69, 9.17) is 9.47 Å². The number of para-hydroxylation sites is 1. The van der Waals surface area contributed by atoms with Gasteiger partial charge in [-0.2, -0.15) is 18.3 Å². The van der Waals surface area contributed by atoms with Gasteiger partial charge < -0.3 is 14.4 Å². The van der Waals surface area contributed by atoms with Gasteiger partial charge >= 0.3 is 6.18 Å². The average molecular weight is 462 g/mol. The van der Waals surface area contributed by atoms with Crippen LogP contribution in [0.1, 0.15) is 46.9 Å². The summed E-state index contributed by atoms with van der Waals surface area (Å²) in [7, 11) is 4.72. The molecule has 0 bridgehead atoms. The Hall–Kier alpha value is -3.56. The highest BCUT2D eigenvalue weighted by molar-refractivity contribution is 5.95. The molecular weight excluding hydrogens is 437 g/mol. The first kappa shape index (κ1) is 24.1. The molecule has 3 rings (SSSR count). The molecule has 0 atom stereocenters. The predicted octanol–water partition coefficient (Wildman–Crippen LogP) is 4.70. The molecule has 0 unspecified atom stereocenters. The lowest BCUT2D eigenvalue weighted by Gasteiger charge is -2.21. The van der Waals surface area contributed by atoms with Crippen molar-refractivity contribution < 1.29 is 27.4 Å². The van der Waals surface area contributed by atoms with Crippen molar-refractivity contribution in [3.05, 3.63) is 65.1 Å². The van der Waals surface area contributed by atoms with Crippen molar-refractivity contribution in [2.75, 3.05) is 21.3 Å². The van der Waals surface area contributed by atoms with E-state index in [1.54, 1.807) is 13.1 Å². The molecule has 0 spiro atoms. The highest BCUT2D eigenvalue weighted by Gasteiger charge is 2.31. The molecule has 0 saturated heterocycles. The van der Waals surface area contributed by atoms with Gasteiger partial charge in [0.1, 0.15) is 0 Å². The van der Waals surface area contributed by atoms with Gasteiger partial charge in [-0.25, -0.2) is 9.67 Å². The minimum absolute atomic E-state index is 0.143. The van der Waals surface area contributed by atoms with Crippen molar-refractivity contribution in [2.45, 2.75) is 32.5 Å². The number of carbonyl (C=O) groups is 1. The number of aromatic nitrogens is 3. The van der Waals surface area contributed by atoms with Crippen molar-refractivity contribution in [3.8, 4) is 17.3 Å². The number of carbonyl (C=O) groups excluding carboxylic acids is 1. The number of methoxy groups -OCH3 is 2. The lowest BCUT2D eigenvalue weighted by atomic mass is 10.0. The Kier molecular flexibility index (Phi) is 6.95. The first-order valence-corrected chi connectivity index (χ1v) is 10.1. The molecule has 176 valence electrons. The van der Waals surface area contributed by atoms with Gasteiger partial charge in [0.05, 0.1) is 37.2 Å². The van der Waals surface area contributed by atoms with E-state index in [2.05, 4.69) is 10.1 Å². The van der Waals surface area contributed by atoms with Gasteiger partial charge in [-0.3, -0.25) is 4.79 Å². The monoisotopic (exact) mass is 462 g/mol. The number of pyridine rings is 1. The first-order valence-electron chi connectivity index (χ1n) is 10.1. The van der Waals surface area contributed by atoms with E-state index >= 15 is 0 Å². The molecule has 0 aliphatic rings. The zero-order valence-electron chi connectivity index (χ0n) is 19.0. The van der Waals surface area contributed by atoms with Crippen molar-refractivity contribution in [3.63, 3.8) is 0 Å². The quantitative estimate of drug-likeness (QED) is 0.509. The van der Waals surface area contributed by atoms with Crippen LogP contribution in [0.15, 0.2) is 42.7 Å². The van der Waals surface area contributed by atoms with Gasteiger partial charge in [0.25, 0.3) is 5.91 Å². The number of nitrogens with zero attached hydrogens (tertiary/aromatic N) is 4. The van der Waals surface area contributed by atoms with E-state index in [-0.39, 0.29) is 24.2 Å². The lowest BCUT2D eigenvalue weighted by molar-refractivity contribution is -0.137. The second kappa shape index (κ2) is 9.51. The van der Waals surface area contributed by atoms with Crippen LogP contribution < -0.4 is 9.47 Å². The van der Waals surface area contributed by atoms with E-state index in [0.717, 1.165) is 17.8 Å². The smallest absolute Gasteiger partial charge is 0.417 e.